The molecule has 0 unspecified atom stereocenters. The second kappa shape index (κ2) is 6.04. The lowest BCUT2D eigenvalue weighted by molar-refractivity contribution is -0.140. The summed E-state index contributed by atoms with van der Waals surface area (Å²) in [6, 6.07) is 5.03. The maximum absolute atomic E-state index is 12.6. The fraction of sp³-hybridized carbons (Fsp3) is 0.308. The number of benzene rings is 1. The van der Waals surface area contributed by atoms with E-state index in [-0.39, 0.29) is 0 Å². The number of hydrogen-bond acceptors (Lipinski definition) is 2. The largest absolute Gasteiger partial charge is 0.431 e. The zero-order chi connectivity index (χ0) is 15.5. The number of nitrogens with one attached hydrogen (secondary N) is 3. The number of urea groups is 1. The zero-order valence-corrected chi connectivity index (χ0v) is 11.2. The van der Waals surface area contributed by atoms with E-state index in [2.05, 4.69) is 15.6 Å². The Morgan fingerprint density at radius 1 is 1.33 bits per heavy atom. The van der Waals surface area contributed by atoms with Crippen molar-refractivity contribution in [2.75, 3.05) is 25.6 Å². The van der Waals surface area contributed by atoms with Crippen molar-refractivity contribution in [1.29, 1.82) is 0 Å². The fourth-order valence-corrected chi connectivity index (χ4v) is 1.81. The van der Waals surface area contributed by atoms with E-state index in [1.165, 1.54) is 25.3 Å². The Bertz CT molecular complexity index is 637. The Morgan fingerprint density at radius 3 is 2.76 bits per heavy atom. The van der Waals surface area contributed by atoms with E-state index < -0.39 is 17.9 Å². The van der Waals surface area contributed by atoms with Crippen LogP contribution in [0.4, 0.5) is 23.7 Å². The van der Waals surface area contributed by atoms with Gasteiger partial charge in [0.15, 0.2) is 0 Å². The topological polar surface area (TPSA) is 66.2 Å². The van der Waals surface area contributed by atoms with Gasteiger partial charge in [0.05, 0.1) is 6.61 Å². The van der Waals surface area contributed by atoms with Crippen LogP contribution in [0.15, 0.2) is 24.3 Å². The molecule has 21 heavy (non-hydrogen) atoms. The summed E-state index contributed by atoms with van der Waals surface area (Å²) < 4.78 is 42.5. The first-order valence-electron chi connectivity index (χ1n) is 6.14. The molecule has 1 aromatic carbocycles. The maximum Gasteiger partial charge on any atom is 0.431 e. The van der Waals surface area contributed by atoms with Gasteiger partial charge in [-0.3, -0.25) is 0 Å². The van der Waals surface area contributed by atoms with Gasteiger partial charge in [0, 0.05) is 30.2 Å². The first kappa shape index (κ1) is 15.2. The molecule has 0 aliphatic carbocycles. The minimum absolute atomic E-state index is 0.340. The Balaban J connectivity index is 2.10. The number of carbonyl (C=O) groups is 1. The maximum atomic E-state index is 12.6. The number of fused-ring (bicyclic) bond motifs is 1. The summed E-state index contributed by atoms with van der Waals surface area (Å²) in [5, 5.41) is 5.46. The summed E-state index contributed by atoms with van der Waals surface area (Å²) in [7, 11) is 1.51. The number of halogens is 3. The third-order valence-corrected chi connectivity index (χ3v) is 2.78. The molecule has 0 saturated carbocycles. The molecule has 1 aromatic heterocycles. The van der Waals surface area contributed by atoms with Crippen LogP contribution in [-0.2, 0) is 10.9 Å². The SMILES string of the molecule is COCCNC(=O)Nc1ccc2[nH]c(C(F)(F)F)cc2c1. The zero-order valence-electron chi connectivity index (χ0n) is 11.2. The second-order valence-electron chi connectivity index (χ2n) is 4.36. The van der Waals surface area contributed by atoms with Gasteiger partial charge in [-0.1, -0.05) is 0 Å². The Morgan fingerprint density at radius 2 is 2.10 bits per heavy atom. The molecule has 0 aliphatic heterocycles. The number of amides is 2. The number of H-pyrrole nitrogens is 1. The third kappa shape index (κ3) is 3.88. The van der Waals surface area contributed by atoms with Crippen molar-refractivity contribution in [1.82, 2.24) is 10.3 Å². The van der Waals surface area contributed by atoms with Crippen LogP contribution >= 0.6 is 0 Å². The Kier molecular flexibility index (Phi) is 4.37. The van der Waals surface area contributed by atoms with E-state index in [9.17, 15) is 18.0 Å². The standard InChI is InChI=1S/C13H14F3N3O2/c1-21-5-4-17-12(20)18-9-2-3-10-8(6-9)7-11(19-10)13(14,15)16/h2-3,6-7,19H,4-5H2,1H3,(H2,17,18,20). The molecule has 1 heterocycles. The number of aromatic nitrogens is 1. The van der Waals surface area contributed by atoms with E-state index in [1.807, 2.05) is 0 Å². The molecule has 2 aromatic rings. The molecule has 0 atom stereocenters. The summed E-state index contributed by atoms with van der Waals surface area (Å²) in [5.41, 5.74) is -0.0583. The van der Waals surface area contributed by atoms with Crippen molar-refractivity contribution < 1.29 is 22.7 Å². The second-order valence-corrected chi connectivity index (χ2v) is 4.36. The van der Waals surface area contributed by atoms with Crippen LogP contribution in [-0.4, -0.2) is 31.3 Å². The lowest BCUT2D eigenvalue weighted by atomic mass is 10.2. The van der Waals surface area contributed by atoms with Crippen molar-refractivity contribution in [3.8, 4) is 0 Å². The molecule has 8 heteroatoms. The summed E-state index contributed by atoms with van der Waals surface area (Å²) in [5.74, 6) is 0. The molecule has 0 aliphatic rings. The normalized spacial score (nSPS) is 11.6. The first-order valence-corrected chi connectivity index (χ1v) is 6.14. The number of carbonyl (C=O) groups excluding carboxylic acids is 1. The molecule has 0 radical (unpaired) electrons. The van der Waals surface area contributed by atoms with E-state index in [0.29, 0.717) is 29.7 Å². The van der Waals surface area contributed by atoms with Crippen LogP contribution in [0, 0.1) is 0 Å². The number of hydrogen-bond donors (Lipinski definition) is 3. The van der Waals surface area contributed by atoms with Crippen molar-refractivity contribution in [2.45, 2.75) is 6.18 Å². The number of anilines is 1. The highest BCUT2D eigenvalue weighted by molar-refractivity contribution is 5.93. The number of methoxy groups -OCH3 is 1. The van der Waals surface area contributed by atoms with E-state index in [4.69, 9.17) is 4.74 Å². The van der Waals surface area contributed by atoms with Crippen LogP contribution in [0.3, 0.4) is 0 Å². The van der Waals surface area contributed by atoms with Crippen molar-refractivity contribution in [2.24, 2.45) is 0 Å². The van der Waals surface area contributed by atoms with Gasteiger partial charge < -0.3 is 20.4 Å². The molecule has 0 saturated heterocycles. The van der Waals surface area contributed by atoms with Crippen LogP contribution in [0.25, 0.3) is 10.9 Å². The monoisotopic (exact) mass is 301 g/mol. The van der Waals surface area contributed by atoms with Crippen LogP contribution in [0.1, 0.15) is 5.69 Å². The van der Waals surface area contributed by atoms with Crippen LogP contribution in [0.5, 0.6) is 0 Å². The van der Waals surface area contributed by atoms with Gasteiger partial charge in [0.25, 0.3) is 0 Å². The van der Waals surface area contributed by atoms with Crippen LogP contribution in [0.2, 0.25) is 0 Å². The molecule has 2 rings (SSSR count). The molecule has 0 bridgehead atoms. The molecule has 0 spiro atoms. The van der Waals surface area contributed by atoms with Gasteiger partial charge in [0.1, 0.15) is 5.69 Å². The summed E-state index contributed by atoms with van der Waals surface area (Å²) in [6.07, 6.45) is -4.43. The molecule has 2 amide bonds. The highest BCUT2D eigenvalue weighted by Gasteiger charge is 2.32. The summed E-state index contributed by atoms with van der Waals surface area (Å²) in [4.78, 5) is 13.8. The molecule has 0 fully saturated rings. The van der Waals surface area contributed by atoms with E-state index >= 15 is 0 Å². The molecule has 114 valence electrons. The average molecular weight is 301 g/mol. The highest BCUT2D eigenvalue weighted by atomic mass is 19.4. The van der Waals surface area contributed by atoms with E-state index in [1.54, 1.807) is 0 Å². The van der Waals surface area contributed by atoms with Crippen LogP contribution < -0.4 is 10.6 Å². The lowest BCUT2D eigenvalue weighted by Gasteiger charge is -2.07. The Labute approximate surface area is 118 Å². The molecule has 3 N–H and O–H groups in total. The van der Waals surface area contributed by atoms with Gasteiger partial charge in [-0.05, 0) is 24.3 Å². The fourth-order valence-electron chi connectivity index (χ4n) is 1.81. The van der Waals surface area contributed by atoms with E-state index in [0.717, 1.165) is 6.07 Å². The number of aromatic amines is 1. The van der Waals surface area contributed by atoms with Gasteiger partial charge in [-0.25, -0.2) is 4.79 Å². The molecular formula is C13H14F3N3O2. The Hall–Kier alpha value is -2.22. The lowest BCUT2D eigenvalue weighted by Crippen LogP contribution is -2.31. The smallest absolute Gasteiger partial charge is 0.383 e. The summed E-state index contributed by atoms with van der Waals surface area (Å²) >= 11 is 0. The minimum Gasteiger partial charge on any atom is -0.383 e. The number of ether oxygens (including phenoxy) is 1. The predicted octanol–water partition coefficient (Wildman–Crippen LogP) is 2.95. The first-order chi connectivity index (χ1) is 9.90. The van der Waals surface area contributed by atoms with Gasteiger partial charge in [-0.15, -0.1) is 0 Å². The molecule has 5 nitrogen and oxygen atoms in total. The van der Waals surface area contributed by atoms with Crippen molar-refractivity contribution >= 4 is 22.6 Å². The van der Waals surface area contributed by atoms with Gasteiger partial charge >= 0.3 is 12.2 Å². The minimum atomic E-state index is -4.43. The van der Waals surface area contributed by atoms with Gasteiger partial charge in [-0.2, -0.15) is 13.2 Å². The highest BCUT2D eigenvalue weighted by Crippen LogP contribution is 2.31. The summed E-state index contributed by atoms with van der Waals surface area (Å²) in [6.45, 7) is 0.714. The third-order valence-electron chi connectivity index (χ3n) is 2.78. The number of alkyl halides is 3. The van der Waals surface area contributed by atoms with Gasteiger partial charge in [0.2, 0.25) is 0 Å². The quantitative estimate of drug-likeness (QED) is 0.760. The number of rotatable bonds is 4. The van der Waals surface area contributed by atoms with Crippen molar-refractivity contribution in [3.63, 3.8) is 0 Å². The molecular weight excluding hydrogens is 287 g/mol. The predicted molar refractivity (Wildman–Crippen MR) is 72.2 cm³/mol. The average Bonchev–Trinajstić information content (AvgIpc) is 2.82. The van der Waals surface area contributed by atoms with Crippen molar-refractivity contribution in [3.05, 3.63) is 30.0 Å².